The molecule has 0 aromatic heterocycles. The van der Waals surface area contributed by atoms with Crippen molar-refractivity contribution < 1.29 is 14.6 Å². The second-order valence-corrected chi connectivity index (χ2v) is 2.64. The molecule has 0 aromatic rings. The zero-order valence-corrected chi connectivity index (χ0v) is 6.82. The molecule has 66 valence electrons. The van der Waals surface area contributed by atoms with Gasteiger partial charge >= 0.3 is 0 Å². The highest BCUT2D eigenvalue weighted by Gasteiger charge is 2.06. The Morgan fingerprint density at radius 3 is 3.00 bits per heavy atom. The summed E-state index contributed by atoms with van der Waals surface area (Å²) in [6.07, 6.45) is 5.23. The molecule has 0 atom stereocenters. The van der Waals surface area contributed by atoms with Crippen LogP contribution in [0.25, 0.3) is 0 Å². The minimum atomic E-state index is 0.0429. The molecule has 0 saturated carbocycles. The first-order chi connectivity index (χ1) is 5.86. The van der Waals surface area contributed by atoms with Crippen LogP contribution in [-0.2, 0) is 9.53 Å². The van der Waals surface area contributed by atoms with Gasteiger partial charge in [0.05, 0.1) is 19.8 Å². The Balaban J connectivity index is 2.18. The number of aliphatic hydroxyl groups excluding tert-OH is 1. The minimum Gasteiger partial charge on any atom is -0.394 e. The highest BCUT2D eigenvalue weighted by molar-refractivity contribution is 5.76. The molecule has 1 aliphatic rings. The number of hydrogen-bond acceptors (Lipinski definition) is 3. The quantitative estimate of drug-likeness (QED) is 0.479. The van der Waals surface area contributed by atoms with E-state index in [9.17, 15) is 4.79 Å². The molecule has 0 saturated heterocycles. The van der Waals surface area contributed by atoms with Gasteiger partial charge in [-0.1, -0.05) is 12.2 Å². The molecule has 1 rings (SSSR count). The highest BCUT2D eigenvalue weighted by Crippen LogP contribution is 2.16. The third kappa shape index (κ3) is 2.60. The lowest BCUT2D eigenvalue weighted by molar-refractivity contribution is -0.105. The van der Waals surface area contributed by atoms with Crippen LogP contribution in [0.4, 0.5) is 0 Å². The van der Waals surface area contributed by atoms with Crippen LogP contribution in [0, 0.1) is 0 Å². The number of carbonyl (C=O) groups excluding carboxylic acids is 1. The Labute approximate surface area is 71.3 Å². The molecule has 1 N–H and O–H groups in total. The maximum Gasteiger partial charge on any atom is 0.146 e. The first-order valence-corrected chi connectivity index (χ1v) is 3.89. The Morgan fingerprint density at radius 1 is 1.58 bits per heavy atom. The third-order valence-electron chi connectivity index (χ3n) is 1.64. The Hall–Kier alpha value is -0.930. The van der Waals surface area contributed by atoms with Gasteiger partial charge in [0, 0.05) is 0 Å². The fourth-order valence-electron chi connectivity index (χ4n) is 1.05. The maximum absolute atomic E-state index is 10.3. The van der Waals surface area contributed by atoms with Crippen molar-refractivity contribution in [1.82, 2.24) is 0 Å². The Kier molecular flexibility index (Phi) is 3.70. The molecule has 0 bridgehead atoms. The molecule has 0 aliphatic heterocycles. The smallest absolute Gasteiger partial charge is 0.146 e. The van der Waals surface area contributed by atoms with Crippen molar-refractivity contribution in [2.45, 2.75) is 6.42 Å². The average molecular weight is 168 g/mol. The molecule has 0 aromatic carbocycles. The van der Waals surface area contributed by atoms with E-state index in [1.54, 1.807) is 6.08 Å². The van der Waals surface area contributed by atoms with Crippen LogP contribution in [0.3, 0.4) is 0 Å². The lowest BCUT2D eigenvalue weighted by atomic mass is 10.2. The lowest BCUT2D eigenvalue weighted by Gasteiger charge is -2.02. The van der Waals surface area contributed by atoms with Crippen molar-refractivity contribution in [2.75, 3.05) is 19.8 Å². The van der Waals surface area contributed by atoms with Gasteiger partial charge in [-0.3, -0.25) is 4.79 Å². The lowest BCUT2D eigenvalue weighted by Crippen LogP contribution is -2.02. The number of carbonyl (C=O) groups is 1. The van der Waals surface area contributed by atoms with E-state index in [-0.39, 0.29) is 6.61 Å². The number of aldehydes is 1. The molecular weight excluding hydrogens is 156 g/mol. The van der Waals surface area contributed by atoms with E-state index in [0.29, 0.717) is 19.6 Å². The summed E-state index contributed by atoms with van der Waals surface area (Å²) in [5.41, 5.74) is 1.88. The van der Waals surface area contributed by atoms with E-state index < -0.39 is 0 Å². The predicted molar refractivity (Wildman–Crippen MR) is 44.8 cm³/mol. The van der Waals surface area contributed by atoms with Crippen LogP contribution in [0.15, 0.2) is 23.3 Å². The Bertz CT molecular complexity index is 216. The van der Waals surface area contributed by atoms with Crippen LogP contribution in [0.1, 0.15) is 6.42 Å². The van der Waals surface area contributed by atoms with Gasteiger partial charge < -0.3 is 9.84 Å². The maximum atomic E-state index is 10.3. The summed E-state index contributed by atoms with van der Waals surface area (Å²) in [5, 5.41) is 8.42. The topological polar surface area (TPSA) is 46.5 Å². The van der Waals surface area contributed by atoms with Crippen molar-refractivity contribution in [2.24, 2.45) is 0 Å². The van der Waals surface area contributed by atoms with Gasteiger partial charge in [0.25, 0.3) is 0 Å². The standard InChI is InChI=1S/C9H12O3/c10-3-4-12-7-9-2-1-8(5-9)6-11/h1-2,6,10H,3-5,7H2. The van der Waals surface area contributed by atoms with Crippen molar-refractivity contribution >= 4 is 6.29 Å². The Morgan fingerprint density at radius 2 is 2.42 bits per heavy atom. The first kappa shape index (κ1) is 9.16. The second kappa shape index (κ2) is 4.85. The monoisotopic (exact) mass is 168 g/mol. The first-order valence-electron chi connectivity index (χ1n) is 3.89. The van der Waals surface area contributed by atoms with E-state index in [1.807, 2.05) is 6.08 Å². The zero-order chi connectivity index (χ0) is 8.81. The van der Waals surface area contributed by atoms with Crippen LogP contribution in [0.5, 0.6) is 0 Å². The number of rotatable bonds is 5. The normalized spacial score (nSPS) is 15.8. The summed E-state index contributed by atoms with van der Waals surface area (Å²) in [5.74, 6) is 0. The van der Waals surface area contributed by atoms with E-state index >= 15 is 0 Å². The van der Waals surface area contributed by atoms with E-state index in [0.717, 1.165) is 17.4 Å². The minimum absolute atomic E-state index is 0.0429. The zero-order valence-electron chi connectivity index (χ0n) is 6.82. The summed E-state index contributed by atoms with van der Waals surface area (Å²) >= 11 is 0. The van der Waals surface area contributed by atoms with E-state index in [4.69, 9.17) is 9.84 Å². The molecule has 0 spiro atoms. The molecule has 0 fully saturated rings. The molecular formula is C9H12O3. The number of hydrogen-bond donors (Lipinski definition) is 1. The molecule has 0 radical (unpaired) electrons. The van der Waals surface area contributed by atoms with Crippen molar-refractivity contribution in [3.05, 3.63) is 23.3 Å². The van der Waals surface area contributed by atoms with Crippen molar-refractivity contribution in [1.29, 1.82) is 0 Å². The van der Waals surface area contributed by atoms with Gasteiger partial charge in [-0.05, 0) is 17.6 Å². The summed E-state index contributed by atoms with van der Waals surface area (Å²) in [6, 6.07) is 0. The van der Waals surface area contributed by atoms with Crippen molar-refractivity contribution in [3.63, 3.8) is 0 Å². The molecule has 0 heterocycles. The molecule has 12 heavy (non-hydrogen) atoms. The van der Waals surface area contributed by atoms with Crippen LogP contribution < -0.4 is 0 Å². The number of allylic oxidation sites excluding steroid dienone is 3. The van der Waals surface area contributed by atoms with Gasteiger partial charge in [-0.15, -0.1) is 0 Å². The SMILES string of the molecule is O=CC1=CC=C(COCCO)C1. The number of ether oxygens (including phenoxy) is 1. The predicted octanol–water partition coefficient (Wildman–Crippen LogP) is 0.451. The molecule has 3 nitrogen and oxygen atoms in total. The highest BCUT2D eigenvalue weighted by atomic mass is 16.5. The third-order valence-corrected chi connectivity index (χ3v) is 1.64. The second-order valence-electron chi connectivity index (χ2n) is 2.64. The van der Waals surface area contributed by atoms with Crippen molar-refractivity contribution in [3.8, 4) is 0 Å². The molecule has 0 unspecified atom stereocenters. The number of aliphatic hydroxyl groups is 1. The molecule has 0 amide bonds. The van der Waals surface area contributed by atoms with Gasteiger partial charge in [0.1, 0.15) is 6.29 Å². The average Bonchev–Trinajstić information content (AvgIpc) is 2.53. The molecule has 1 aliphatic carbocycles. The van der Waals surface area contributed by atoms with Gasteiger partial charge in [-0.25, -0.2) is 0 Å². The largest absolute Gasteiger partial charge is 0.394 e. The van der Waals surface area contributed by atoms with E-state index in [1.165, 1.54) is 0 Å². The van der Waals surface area contributed by atoms with E-state index in [2.05, 4.69) is 0 Å². The fraction of sp³-hybridized carbons (Fsp3) is 0.444. The summed E-state index contributed by atoms with van der Waals surface area (Å²) < 4.78 is 5.09. The van der Waals surface area contributed by atoms with Crippen LogP contribution in [-0.4, -0.2) is 31.2 Å². The van der Waals surface area contributed by atoms with Crippen LogP contribution in [0.2, 0.25) is 0 Å². The van der Waals surface area contributed by atoms with Crippen LogP contribution >= 0.6 is 0 Å². The fourth-order valence-corrected chi connectivity index (χ4v) is 1.05. The summed E-state index contributed by atoms with van der Waals surface area (Å²) in [4.78, 5) is 10.3. The summed E-state index contributed by atoms with van der Waals surface area (Å²) in [6.45, 7) is 0.906. The van der Waals surface area contributed by atoms with Gasteiger partial charge in [0.15, 0.2) is 0 Å². The summed E-state index contributed by atoms with van der Waals surface area (Å²) in [7, 11) is 0. The van der Waals surface area contributed by atoms with Gasteiger partial charge in [-0.2, -0.15) is 0 Å². The molecule has 3 heteroatoms. The van der Waals surface area contributed by atoms with Gasteiger partial charge in [0.2, 0.25) is 0 Å².